The highest BCUT2D eigenvalue weighted by Crippen LogP contribution is 2.36. The fraction of sp³-hybridized carbons (Fsp3) is 0.417. The topological polar surface area (TPSA) is 76.0 Å². The van der Waals surface area contributed by atoms with Crippen LogP contribution in [0.4, 0.5) is 4.39 Å². The van der Waals surface area contributed by atoms with Gasteiger partial charge in [-0.25, -0.2) is 9.18 Å². The molecule has 0 aliphatic carbocycles. The minimum atomic E-state index is -1.75. The summed E-state index contributed by atoms with van der Waals surface area (Å²) in [6, 6.07) is 1.18. The van der Waals surface area contributed by atoms with E-state index >= 15 is 0 Å². The quantitative estimate of drug-likeness (QED) is 0.799. The van der Waals surface area contributed by atoms with Crippen LogP contribution in [0, 0.1) is 12.7 Å². The average molecular weight is 258 g/mol. The third-order valence-corrected chi connectivity index (χ3v) is 2.42. The van der Waals surface area contributed by atoms with E-state index in [4.69, 9.17) is 4.74 Å². The van der Waals surface area contributed by atoms with Crippen molar-refractivity contribution in [3.63, 3.8) is 0 Å². The number of carbonyl (C=O) groups excluding carboxylic acids is 1. The molecule has 0 aliphatic heterocycles. The number of methoxy groups -OCH3 is 1. The minimum absolute atomic E-state index is 0.0751. The van der Waals surface area contributed by atoms with Crippen molar-refractivity contribution in [2.45, 2.75) is 20.0 Å². The molecule has 1 aromatic rings. The summed E-state index contributed by atoms with van der Waals surface area (Å²) in [4.78, 5) is 11.3. The van der Waals surface area contributed by atoms with E-state index in [1.54, 1.807) is 6.92 Å². The average Bonchev–Trinajstić information content (AvgIpc) is 2.34. The molecule has 1 atom stereocenters. The Bertz CT molecular complexity index is 458. The maximum atomic E-state index is 13.9. The van der Waals surface area contributed by atoms with Gasteiger partial charge >= 0.3 is 5.97 Å². The van der Waals surface area contributed by atoms with Crippen LogP contribution in [0.5, 0.6) is 11.5 Å². The molecule has 0 aromatic heterocycles. The first-order valence-electron chi connectivity index (χ1n) is 5.34. The van der Waals surface area contributed by atoms with Crippen molar-refractivity contribution in [3.05, 3.63) is 23.0 Å². The number of phenols is 1. The number of halogens is 1. The van der Waals surface area contributed by atoms with Crippen molar-refractivity contribution in [2.24, 2.45) is 0 Å². The molecule has 0 amide bonds. The van der Waals surface area contributed by atoms with E-state index in [2.05, 4.69) is 4.74 Å². The third-order valence-electron chi connectivity index (χ3n) is 2.42. The van der Waals surface area contributed by atoms with Gasteiger partial charge in [0, 0.05) is 5.56 Å². The Morgan fingerprint density at radius 1 is 1.56 bits per heavy atom. The van der Waals surface area contributed by atoms with E-state index in [1.807, 2.05) is 0 Å². The molecule has 2 N–H and O–H groups in total. The van der Waals surface area contributed by atoms with Crippen LogP contribution in [0.15, 0.2) is 6.07 Å². The fourth-order valence-corrected chi connectivity index (χ4v) is 1.51. The second kappa shape index (κ2) is 5.68. The van der Waals surface area contributed by atoms with Crippen LogP contribution in [0.2, 0.25) is 0 Å². The lowest BCUT2D eigenvalue weighted by atomic mass is 10.0. The van der Waals surface area contributed by atoms with E-state index in [9.17, 15) is 19.4 Å². The van der Waals surface area contributed by atoms with Crippen molar-refractivity contribution in [2.75, 3.05) is 13.7 Å². The molecule has 100 valence electrons. The first-order valence-corrected chi connectivity index (χ1v) is 5.34. The molecule has 0 spiro atoms. The predicted octanol–water partition coefficient (Wildman–Crippen LogP) is 1.44. The summed E-state index contributed by atoms with van der Waals surface area (Å²) in [7, 11) is 1.18. The van der Waals surface area contributed by atoms with E-state index in [1.165, 1.54) is 20.1 Å². The van der Waals surface area contributed by atoms with Crippen molar-refractivity contribution in [1.29, 1.82) is 0 Å². The highest BCUT2D eigenvalue weighted by Gasteiger charge is 2.27. The van der Waals surface area contributed by atoms with Gasteiger partial charge in [-0.05, 0) is 25.5 Å². The molecule has 0 fully saturated rings. The van der Waals surface area contributed by atoms with Crippen molar-refractivity contribution in [1.82, 2.24) is 0 Å². The molecule has 0 bridgehead atoms. The Kier molecular flexibility index (Phi) is 4.49. The lowest BCUT2D eigenvalue weighted by Gasteiger charge is -2.15. The monoisotopic (exact) mass is 258 g/mol. The molecule has 0 radical (unpaired) electrons. The number of aliphatic hydroxyl groups is 1. The van der Waals surface area contributed by atoms with Crippen molar-refractivity contribution >= 4 is 5.97 Å². The normalized spacial score (nSPS) is 12.1. The Morgan fingerprint density at radius 3 is 2.67 bits per heavy atom. The van der Waals surface area contributed by atoms with Crippen molar-refractivity contribution in [3.8, 4) is 11.5 Å². The Balaban J connectivity index is 3.25. The summed E-state index contributed by atoms with van der Waals surface area (Å²) >= 11 is 0. The lowest BCUT2D eigenvalue weighted by Crippen LogP contribution is -2.17. The van der Waals surface area contributed by atoms with E-state index in [-0.39, 0.29) is 23.5 Å². The van der Waals surface area contributed by atoms with Gasteiger partial charge in [-0.15, -0.1) is 0 Å². The van der Waals surface area contributed by atoms with Gasteiger partial charge in [-0.2, -0.15) is 0 Å². The van der Waals surface area contributed by atoms with Crippen LogP contribution >= 0.6 is 0 Å². The maximum Gasteiger partial charge on any atom is 0.339 e. The highest BCUT2D eigenvalue weighted by molar-refractivity contribution is 5.77. The second-order valence-electron chi connectivity index (χ2n) is 3.63. The zero-order valence-corrected chi connectivity index (χ0v) is 10.4. The Morgan fingerprint density at radius 2 is 2.17 bits per heavy atom. The molecule has 0 aliphatic rings. The number of ether oxygens (including phenoxy) is 2. The second-order valence-corrected chi connectivity index (χ2v) is 3.63. The van der Waals surface area contributed by atoms with E-state index in [0.29, 0.717) is 0 Å². The standard InChI is InChI=1S/C12H15FO5/c1-4-18-12(16)10(15)7-5-6(2)9(14)11(17-3)8(7)13/h5,10,14-15H,4H2,1-3H3. The zero-order valence-electron chi connectivity index (χ0n) is 10.4. The number of phenolic OH excluding ortho intramolecular Hbond substituents is 1. The van der Waals surface area contributed by atoms with Gasteiger partial charge in [-0.1, -0.05) is 0 Å². The van der Waals surface area contributed by atoms with Gasteiger partial charge in [0.25, 0.3) is 0 Å². The molecule has 0 saturated heterocycles. The number of esters is 1. The third kappa shape index (κ3) is 2.53. The van der Waals surface area contributed by atoms with Crippen LogP contribution in [0.25, 0.3) is 0 Å². The lowest BCUT2D eigenvalue weighted by molar-refractivity contribution is -0.153. The SMILES string of the molecule is CCOC(=O)C(O)c1cc(C)c(O)c(OC)c1F. The number of benzene rings is 1. The van der Waals surface area contributed by atoms with Gasteiger partial charge in [0.1, 0.15) is 0 Å². The first kappa shape index (κ1) is 14.2. The number of rotatable bonds is 4. The summed E-state index contributed by atoms with van der Waals surface area (Å²) < 4.78 is 23.2. The van der Waals surface area contributed by atoms with Crippen LogP contribution < -0.4 is 4.74 Å². The van der Waals surface area contributed by atoms with Crippen LogP contribution in [0.1, 0.15) is 24.2 Å². The minimum Gasteiger partial charge on any atom is -0.504 e. The number of aryl methyl sites for hydroxylation is 1. The summed E-state index contributed by atoms with van der Waals surface area (Å²) in [6.07, 6.45) is -1.75. The molecule has 0 saturated carbocycles. The smallest absolute Gasteiger partial charge is 0.339 e. The highest BCUT2D eigenvalue weighted by atomic mass is 19.1. The summed E-state index contributed by atoms with van der Waals surface area (Å²) in [6.45, 7) is 3.15. The maximum absolute atomic E-state index is 13.9. The number of carbonyl (C=O) groups is 1. The predicted molar refractivity (Wildman–Crippen MR) is 60.9 cm³/mol. The molecule has 1 rings (SSSR count). The van der Waals surface area contributed by atoms with Crippen LogP contribution in [-0.2, 0) is 9.53 Å². The van der Waals surface area contributed by atoms with E-state index in [0.717, 1.165) is 0 Å². The molecular formula is C12H15FO5. The molecule has 0 heterocycles. The van der Waals surface area contributed by atoms with Crippen LogP contribution in [-0.4, -0.2) is 29.9 Å². The first-order chi connectivity index (χ1) is 8.43. The molecule has 5 nitrogen and oxygen atoms in total. The zero-order chi connectivity index (χ0) is 13.9. The van der Waals surface area contributed by atoms with Crippen molar-refractivity contribution < 1.29 is 28.9 Å². The van der Waals surface area contributed by atoms with E-state index < -0.39 is 23.6 Å². The van der Waals surface area contributed by atoms with Gasteiger partial charge in [0.2, 0.25) is 0 Å². The Labute approximate surface area is 104 Å². The van der Waals surface area contributed by atoms with Gasteiger partial charge in [-0.3, -0.25) is 0 Å². The Hall–Kier alpha value is -1.82. The summed E-state index contributed by atoms with van der Waals surface area (Å²) in [5.41, 5.74) is -0.00722. The largest absolute Gasteiger partial charge is 0.504 e. The summed E-state index contributed by atoms with van der Waals surface area (Å²) in [5, 5.41) is 19.2. The molecular weight excluding hydrogens is 243 g/mol. The molecule has 1 aromatic carbocycles. The van der Waals surface area contributed by atoms with Crippen LogP contribution in [0.3, 0.4) is 0 Å². The number of aliphatic hydroxyl groups excluding tert-OH is 1. The number of hydrogen-bond acceptors (Lipinski definition) is 5. The summed E-state index contributed by atoms with van der Waals surface area (Å²) in [5.74, 6) is -2.71. The molecule has 6 heteroatoms. The number of hydrogen-bond donors (Lipinski definition) is 2. The fourth-order valence-electron chi connectivity index (χ4n) is 1.51. The van der Waals surface area contributed by atoms with Gasteiger partial charge in [0.15, 0.2) is 23.4 Å². The molecule has 1 unspecified atom stereocenters. The molecule has 18 heavy (non-hydrogen) atoms. The van der Waals surface area contributed by atoms with Gasteiger partial charge < -0.3 is 19.7 Å². The number of aromatic hydroxyl groups is 1. The van der Waals surface area contributed by atoms with Gasteiger partial charge in [0.05, 0.1) is 13.7 Å².